The zero-order chi connectivity index (χ0) is 15.5. The van der Waals surface area contributed by atoms with Crippen molar-refractivity contribution in [2.45, 2.75) is 38.8 Å². The Morgan fingerprint density at radius 2 is 2.32 bits per heavy atom. The van der Waals surface area contributed by atoms with Crippen LogP contribution in [0.15, 0.2) is 22.8 Å². The van der Waals surface area contributed by atoms with Crippen molar-refractivity contribution >= 4 is 17.5 Å². The van der Waals surface area contributed by atoms with Gasteiger partial charge >= 0.3 is 0 Å². The minimum atomic E-state index is 0.0313. The molecule has 118 valence electrons. The van der Waals surface area contributed by atoms with Gasteiger partial charge in [-0.3, -0.25) is 9.48 Å². The van der Waals surface area contributed by atoms with Gasteiger partial charge in [0.2, 0.25) is 5.91 Å². The number of fused-ring (bicyclic) bond motifs is 1. The maximum atomic E-state index is 12.3. The molecule has 5 nitrogen and oxygen atoms in total. The SMILES string of the molecule is Cn1nc(CN(Cc2ccco2)C(=O)CCCl)c2c1CCC2. The van der Waals surface area contributed by atoms with Gasteiger partial charge in [-0.25, -0.2) is 0 Å². The Morgan fingerprint density at radius 3 is 3.05 bits per heavy atom. The molecule has 3 rings (SSSR count). The second kappa shape index (κ2) is 6.57. The highest BCUT2D eigenvalue weighted by Crippen LogP contribution is 2.26. The molecule has 0 aromatic carbocycles. The fourth-order valence-electron chi connectivity index (χ4n) is 3.07. The average Bonchev–Trinajstić information content (AvgIpc) is 3.20. The topological polar surface area (TPSA) is 51.3 Å². The summed E-state index contributed by atoms with van der Waals surface area (Å²) < 4.78 is 7.33. The molecule has 1 aliphatic rings. The molecule has 0 N–H and O–H groups in total. The number of furan rings is 1. The molecular weight excluding hydrogens is 302 g/mol. The third kappa shape index (κ3) is 3.04. The Labute approximate surface area is 134 Å². The molecule has 0 radical (unpaired) electrons. The van der Waals surface area contributed by atoms with E-state index in [1.807, 2.05) is 23.9 Å². The maximum absolute atomic E-state index is 12.3. The second-order valence-electron chi connectivity index (χ2n) is 5.62. The third-order valence-corrected chi connectivity index (χ3v) is 4.32. The molecule has 1 aliphatic carbocycles. The van der Waals surface area contributed by atoms with Crippen LogP contribution in [-0.4, -0.2) is 26.5 Å². The lowest BCUT2D eigenvalue weighted by Gasteiger charge is -2.21. The number of rotatable bonds is 6. The van der Waals surface area contributed by atoms with E-state index in [1.165, 1.54) is 17.7 Å². The predicted molar refractivity (Wildman–Crippen MR) is 83.5 cm³/mol. The van der Waals surface area contributed by atoms with Gasteiger partial charge in [-0.2, -0.15) is 5.10 Å². The fourth-order valence-corrected chi connectivity index (χ4v) is 3.23. The van der Waals surface area contributed by atoms with E-state index in [0.29, 0.717) is 25.4 Å². The number of carbonyl (C=O) groups excluding carboxylic acids is 1. The maximum Gasteiger partial charge on any atom is 0.224 e. The number of amides is 1. The van der Waals surface area contributed by atoms with Crippen molar-refractivity contribution in [2.24, 2.45) is 7.05 Å². The van der Waals surface area contributed by atoms with Gasteiger partial charge in [0.05, 0.1) is 25.0 Å². The summed E-state index contributed by atoms with van der Waals surface area (Å²) in [6, 6.07) is 3.71. The second-order valence-corrected chi connectivity index (χ2v) is 6.00. The molecule has 0 atom stereocenters. The summed E-state index contributed by atoms with van der Waals surface area (Å²) in [7, 11) is 1.98. The molecule has 2 aromatic heterocycles. The highest BCUT2D eigenvalue weighted by atomic mass is 35.5. The number of aryl methyl sites for hydroxylation is 1. The van der Waals surface area contributed by atoms with Gasteiger partial charge < -0.3 is 9.32 Å². The molecule has 0 aliphatic heterocycles. The van der Waals surface area contributed by atoms with E-state index >= 15 is 0 Å². The summed E-state index contributed by atoms with van der Waals surface area (Å²) in [5.41, 5.74) is 3.62. The van der Waals surface area contributed by atoms with Crippen LogP contribution in [0, 0.1) is 0 Å². The van der Waals surface area contributed by atoms with Crippen LogP contribution in [0.1, 0.15) is 35.6 Å². The number of halogens is 1. The van der Waals surface area contributed by atoms with E-state index in [0.717, 1.165) is 24.3 Å². The highest BCUT2D eigenvalue weighted by Gasteiger charge is 2.24. The third-order valence-electron chi connectivity index (χ3n) is 4.13. The smallest absolute Gasteiger partial charge is 0.224 e. The van der Waals surface area contributed by atoms with E-state index < -0.39 is 0 Å². The van der Waals surface area contributed by atoms with E-state index in [-0.39, 0.29) is 5.91 Å². The molecule has 0 saturated heterocycles. The summed E-state index contributed by atoms with van der Waals surface area (Å²) in [4.78, 5) is 14.1. The summed E-state index contributed by atoms with van der Waals surface area (Å²) in [6.45, 7) is 0.966. The molecule has 2 heterocycles. The summed E-state index contributed by atoms with van der Waals surface area (Å²) in [6.07, 6.45) is 5.25. The molecule has 6 heteroatoms. The molecule has 22 heavy (non-hydrogen) atoms. The van der Waals surface area contributed by atoms with Gasteiger partial charge in [-0.05, 0) is 37.0 Å². The monoisotopic (exact) mass is 321 g/mol. The van der Waals surface area contributed by atoms with Crippen molar-refractivity contribution in [3.63, 3.8) is 0 Å². The normalized spacial score (nSPS) is 13.4. The van der Waals surface area contributed by atoms with E-state index in [4.69, 9.17) is 16.0 Å². The standard InChI is InChI=1S/C16H20ClN3O2/c1-19-15-6-2-5-13(15)14(18-19)11-20(16(21)7-8-17)10-12-4-3-9-22-12/h3-4,9H,2,5-8,10-11H2,1H3. The van der Waals surface area contributed by atoms with Crippen molar-refractivity contribution < 1.29 is 9.21 Å². The van der Waals surface area contributed by atoms with Crippen molar-refractivity contribution in [3.8, 4) is 0 Å². The first-order valence-corrected chi connectivity index (χ1v) is 8.12. The van der Waals surface area contributed by atoms with Crippen LogP contribution in [0.25, 0.3) is 0 Å². The van der Waals surface area contributed by atoms with E-state index in [1.54, 1.807) is 11.2 Å². The van der Waals surface area contributed by atoms with E-state index in [2.05, 4.69) is 5.10 Å². The van der Waals surface area contributed by atoms with Gasteiger partial charge in [-0.1, -0.05) is 0 Å². The first-order chi connectivity index (χ1) is 10.7. The molecule has 0 unspecified atom stereocenters. The summed E-state index contributed by atoms with van der Waals surface area (Å²) >= 11 is 5.73. The average molecular weight is 322 g/mol. The Kier molecular flexibility index (Phi) is 4.52. The van der Waals surface area contributed by atoms with Crippen LogP contribution in [0.4, 0.5) is 0 Å². The number of aromatic nitrogens is 2. The van der Waals surface area contributed by atoms with Crippen molar-refractivity contribution in [2.75, 3.05) is 5.88 Å². The lowest BCUT2D eigenvalue weighted by Crippen LogP contribution is -2.30. The van der Waals surface area contributed by atoms with Crippen LogP contribution in [0.2, 0.25) is 0 Å². The largest absolute Gasteiger partial charge is 0.467 e. The molecule has 0 fully saturated rings. The van der Waals surface area contributed by atoms with Gasteiger partial charge in [0.25, 0.3) is 0 Å². The van der Waals surface area contributed by atoms with Gasteiger partial charge in [-0.15, -0.1) is 11.6 Å². The van der Waals surface area contributed by atoms with Crippen molar-refractivity contribution in [3.05, 3.63) is 41.1 Å². The fraction of sp³-hybridized carbons (Fsp3) is 0.500. The van der Waals surface area contributed by atoms with Gasteiger partial charge in [0.15, 0.2) is 0 Å². The van der Waals surface area contributed by atoms with E-state index in [9.17, 15) is 4.79 Å². The number of nitrogens with zero attached hydrogens (tertiary/aromatic N) is 3. The van der Waals surface area contributed by atoms with Crippen molar-refractivity contribution in [1.82, 2.24) is 14.7 Å². The van der Waals surface area contributed by atoms with Crippen LogP contribution in [0.5, 0.6) is 0 Å². The molecule has 2 aromatic rings. The number of hydrogen-bond donors (Lipinski definition) is 0. The number of alkyl halides is 1. The van der Waals surface area contributed by atoms with Crippen molar-refractivity contribution in [1.29, 1.82) is 0 Å². The van der Waals surface area contributed by atoms with Crippen LogP contribution < -0.4 is 0 Å². The Hall–Kier alpha value is -1.75. The zero-order valence-corrected chi connectivity index (χ0v) is 13.5. The Bertz CT molecular complexity index is 649. The Balaban J connectivity index is 1.80. The first kappa shape index (κ1) is 15.2. The minimum Gasteiger partial charge on any atom is -0.467 e. The lowest BCUT2D eigenvalue weighted by molar-refractivity contribution is -0.132. The molecular formula is C16H20ClN3O2. The first-order valence-electron chi connectivity index (χ1n) is 7.58. The molecule has 0 bridgehead atoms. The lowest BCUT2D eigenvalue weighted by atomic mass is 10.2. The zero-order valence-electron chi connectivity index (χ0n) is 12.7. The number of carbonyl (C=O) groups is 1. The Morgan fingerprint density at radius 1 is 1.45 bits per heavy atom. The van der Waals surface area contributed by atoms with Crippen LogP contribution >= 0.6 is 11.6 Å². The van der Waals surface area contributed by atoms with Crippen LogP contribution in [-0.2, 0) is 37.8 Å². The number of hydrogen-bond acceptors (Lipinski definition) is 3. The summed E-state index contributed by atoms with van der Waals surface area (Å²) in [5.74, 6) is 1.13. The van der Waals surface area contributed by atoms with Crippen LogP contribution in [0.3, 0.4) is 0 Å². The minimum absolute atomic E-state index is 0.0313. The quantitative estimate of drug-likeness (QED) is 0.769. The predicted octanol–water partition coefficient (Wildman–Crippen LogP) is 2.66. The summed E-state index contributed by atoms with van der Waals surface area (Å²) in [5, 5.41) is 4.60. The molecule has 0 spiro atoms. The molecule has 0 saturated carbocycles. The molecule has 1 amide bonds. The van der Waals surface area contributed by atoms with Gasteiger partial charge in [0.1, 0.15) is 5.76 Å². The van der Waals surface area contributed by atoms with Gasteiger partial charge in [0, 0.05) is 25.0 Å². The highest BCUT2D eigenvalue weighted by molar-refractivity contribution is 6.18.